The minimum absolute atomic E-state index is 0.0908. The smallest absolute Gasteiger partial charge is 0.255 e. The summed E-state index contributed by atoms with van der Waals surface area (Å²) in [5.74, 6) is 1.19. The monoisotopic (exact) mass is 442 g/mol. The first kappa shape index (κ1) is 23.0. The van der Waals surface area contributed by atoms with Crippen molar-refractivity contribution in [3.63, 3.8) is 0 Å². The molecule has 0 saturated heterocycles. The molecular weight excluding hydrogens is 404 g/mol. The molecule has 1 aromatic heterocycles. The highest BCUT2D eigenvalue weighted by Gasteiger charge is 2.57. The van der Waals surface area contributed by atoms with Gasteiger partial charge >= 0.3 is 0 Å². The number of hydrogen-bond acceptors (Lipinski definition) is 4. The minimum Gasteiger partial charge on any atom is -0.390 e. The summed E-state index contributed by atoms with van der Waals surface area (Å²) in [5.41, 5.74) is 0.0416. The average Bonchev–Trinajstić information content (AvgIpc) is 2.98. The lowest BCUT2D eigenvalue weighted by Crippen LogP contribution is -2.65. The highest BCUT2D eigenvalue weighted by molar-refractivity contribution is 5.96. The molecule has 4 fully saturated rings. The lowest BCUT2D eigenvalue weighted by Gasteiger charge is -2.60. The van der Waals surface area contributed by atoms with Crippen LogP contribution in [-0.2, 0) is 11.2 Å². The molecule has 176 valence electrons. The molecule has 4 saturated carbocycles. The van der Waals surface area contributed by atoms with E-state index in [-0.39, 0.29) is 17.4 Å². The SMILES string of the molecule is CC(=O)NC(C)(C)/C=C/n1ncc(C(=O)NC23CC4CC(CC(O)(C4)C2)C3)c1CC(C)C. The zero-order valence-corrected chi connectivity index (χ0v) is 20.1. The number of amides is 2. The van der Waals surface area contributed by atoms with Gasteiger partial charge in [-0.3, -0.25) is 9.59 Å². The van der Waals surface area contributed by atoms with Crippen LogP contribution >= 0.6 is 0 Å². The summed E-state index contributed by atoms with van der Waals surface area (Å²) in [6.45, 7) is 9.58. The number of nitrogens with one attached hydrogen (secondary N) is 2. The molecule has 7 heteroatoms. The Labute approximate surface area is 191 Å². The molecule has 2 atom stereocenters. The Morgan fingerprint density at radius 3 is 2.50 bits per heavy atom. The average molecular weight is 443 g/mol. The van der Waals surface area contributed by atoms with Crippen molar-refractivity contribution in [2.24, 2.45) is 17.8 Å². The first-order valence-corrected chi connectivity index (χ1v) is 12.0. The second-order valence-electron chi connectivity index (χ2n) is 11.7. The second-order valence-corrected chi connectivity index (χ2v) is 11.7. The van der Waals surface area contributed by atoms with Gasteiger partial charge in [-0.25, -0.2) is 4.68 Å². The van der Waals surface area contributed by atoms with Gasteiger partial charge in [0.1, 0.15) is 0 Å². The molecule has 0 aromatic carbocycles. The molecular formula is C25H38N4O3. The van der Waals surface area contributed by atoms with E-state index in [1.807, 2.05) is 26.1 Å². The highest BCUT2D eigenvalue weighted by Crippen LogP contribution is 2.57. The normalized spacial score (nSPS) is 31.5. The van der Waals surface area contributed by atoms with Crippen LogP contribution in [0.25, 0.3) is 6.20 Å². The number of carbonyl (C=O) groups excluding carboxylic acids is 2. The lowest BCUT2D eigenvalue weighted by atomic mass is 9.51. The molecule has 0 spiro atoms. The number of carbonyl (C=O) groups is 2. The number of hydrogen-bond donors (Lipinski definition) is 3. The summed E-state index contributed by atoms with van der Waals surface area (Å²) < 4.78 is 1.76. The van der Waals surface area contributed by atoms with Gasteiger partial charge in [0.25, 0.3) is 5.91 Å². The number of aromatic nitrogens is 2. The number of nitrogens with zero attached hydrogens (tertiary/aromatic N) is 2. The van der Waals surface area contributed by atoms with Gasteiger partial charge in [-0.05, 0) is 82.6 Å². The first-order valence-electron chi connectivity index (χ1n) is 12.0. The van der Waals surface area contributed by atoms with Crippen molar-refractivity contribution in [1.29, 1.82) is 0 Å². The lowest BCUT2D eigenvalue weighted by molar-refractivity contribution is -0.139. The van der Waals surface area contributed by atoms with E-state index in [0.29, 0.717) is 29.7 Å². The molecule has 4 aliphatic carbocycles. The van der Waals surface area contributed by atoms with E-state index in [1.165, 1.54) is 13.3 Å². The van der Waals surface area contributed by atoms with Crippen molar-refractivity contribution in [2.45, 2.75) is 96.2 Å². The van der Waals surface area contributed by atoms with Crippen molar-refractivity contribution in [3.05, 3.63) is 23.5 Å². The Bertz CT molecular complexity index is 916. The van der Waals surface area contributed by atoms with Crippen LogP contribution < -0.4 is 10.6 Å². The molecule has 4 aliphatic rings. The van der Waals surface area contributed by atoms with Crippen molar-refractivity contribution >= 4 is 18.0 Å². The fourth-order valence-corrected chi connectivity index (χ4v) is 6.72. The Hall–Kier alpha value is -2.15. The maximum absolute atomic E-state index is 13.5. The van der Waals surface area contributed by atoms with Gasteiger partial charge < -0.3 is 15.7 Å². The maximum atomic E-state index is 13.5. The zero-order chi connectivity index (χ0) is 23.3. The van der Waals surface area contributed by atoms with E-state index in [2.05, 4.69) is 29.6 Å². The van der Waals surface area contributed by atoms with Gasteiger partial charge in [0.15, 0.2) is 0 Å². The molecule has 7 nitrogen and oxygen atoms in total. The summed E-state index contributed by atoms with van der Waals surface area (Å²) >= 11 is 0. The van der Waals surface area contributed by atoms with Gasteiger partial charge in [0, 0.05) is 18.7 Å². The van der Waals surface area contributed by atoms with Crippen LogP contribution in [0.4, 0.5) is 0 Å². The topological polar surface area (TPSA) is 96.2 Å². The van der Waals surface area contributed by atoms with E-state index < -0.39 is 11.1 Å². The van der Waals surface area contributed by atoms with Crippen LogP contribution in [-0.4, -0.2) is 43.4 Å². The molecule has 0 radical (unpaired) electrons. The van der Waals surface area contributed by atoms with Crippen LogP contribution in [0.5, 0.6) is 0 Å². The van der Waals surface area contributed by atoms with Gasteiger partial charge in [-0.1, -0.05) is 13.8 Å². The first-order chi connectivity index (χ1) is 14.9. The van der Waals surface area contributed by atoms with E-state index in [0.717, 1.165) is 37.8 Å². The third-order valence-electron chi connectivity index (χ3n) is 7.28. The third kappa shape index (κ3) is 4.77. The molecule has 2 unspecified atom stereocenters. The molecule has 1 aromatic rings. The van der Waals surface area contributed by atoms with Crippen molar-refractivity contribution in [3.8, 4) is 0 Å². The summed E-state index contributed by atoms with van der Waals surface area (Å²) in [6, 6.07) is 0. The van der Waals surface area contributed by atoms with Crippen LogP contribution in [0.3, 0.4) is 0 Å². The van der Waals surface area contributed by atoms with Gasteiger partial charge in [-0.15, -0.1) is 0 Å². The molecule has 0 aliphatic heterocycles. The van der Waals surface area contributed by atoms with Gasteiger partial charge in [0.05, 0.1) is 28.6 Å². The number of rotatable bonds is 7. The Kier molecular flexibility index (Phi) is 5.76. The minimum atomic E-state index is -0.611. The summed E-state index contributed by atoms with van der Waals surface area (Å²) in [4.78, 5) is 24.9. The van der Waals surface area contributed by atoms with Crippen LogP contribution in [0.2, 0.25) is 0 Å². The van der Waals surface area contributed by atoms with E-state index >= 15 is 0 Å². The predicted molar refractivity (Wildman–Crippen MR) is 124 cm³/mol. The second kappa shape index (κ2) is 8.01. The van der Waals surface area contributed by atoms with Gasteiger partial charge in [-0.2, -0.15) is 5.10 Å². The van der Waals surface area contributed by atoms with Crippen LogP contribution in [0.1, 0.15) is 89.2 Å². The van der Waals surface area contributed by atoms with Gasteiger partial charge in [0.2, 0.25) is 5.91 Å². The van der Waals surface area contributed by atoms with Crippen molar-refractivity contribution in [2.75, 3.05) is 0 Å². The van der Waals surface area contributed by atoms with Crippen molar-refractivity contribution in [1.82, 2.24) is 20.4 Å². The Balaban J connectivity index is 1.57. The molecule has 5 rings (SSSR count). The Morgan fingerprint density at radius 1 is 1.28 bits per heavy atom. The van der Waals surface area contributed by atoms with E-state index in [1.54, 1.807) is 10.9 Å². The molecule has 1 heterocycles. The van der Waals surface area contributed by atoms with E-state index in [4.69, 9.17) is 0 Å². The Morgan fingerprint density at radius 2 is 1.94 bits per heavy atom. The summed E-state index contributed by atoms with van der Waals surface area (Å²) in [5, 5.41) is 21.8. The molecule has 2 amide bonds. The maximum Gasteiger partial charge on any atom is 0.255 e. The zero-order valence-electron chi connectivity index (χ0n) is 20.1. The summed E-state index contributed by atoms with van der Waals surface area (Å²) in [7, 11) is 0. The molecule has 4 bridgehead atoms. The summed E-state index contributed by atoms with van der Waals surface area (Å²) in [6.07, 6.45) is 11.6. The van der Waals surface area contributed by atoms with Crippen LogP contribution in [0.15, 0.2) is 12.3 Å². The quantitative estimate of drug-likeness (QED) is 0.604. The predicted octanol–water partition coefficient (Wildman–Crippen LogP) is 3.28. The molecule has 3 N–H and O–H groups in total. The largest absolute Gasteiger partial charge is 0.390 e. The van der Waals surface area contributed by atoms with E-state index in [9.17, 15) is 14.7 Å². The standard InChI is InChI=1S/C25H38N4O3/c1-16(2)8-21-20(14-26-29(21)7-6-23(4,5)27-17(3)30)22(31)28-24-10-18-9-19(11-24)13-25(32,12-18)15-24/h6-7,14,16,18-19,32H,8-13,15H2,1-5H3,(H,27,30)(H,28,31)/b7-6+. The molecule has 32 heavy (non-hydrogen) atoms. The van der Waals surface area contributed by atoms with Crippen molar-refractivity contribution < 1.29 is 14.7 Å². The van der Waals surface area contributed by atoms with Crippen LogP contribution in [0, 0.1) is 17.8 Å². The number of aliphatic hydroxyl groups is 1. The third-order valence-corrected chi connectivity index (χ3v) is 7.28. The fraction of sp³-hybridized carbons (Fsp3) is 0.720. The fourth-order valence-electron chi connectivity index (χ4n) is 6.72. The highest BCUT2D eigenvalue weighted by atomic mass is 16.3.